The molecular weight excluding hydrogens is 454 g/mol. The lowest BCUT2D eigenvalue weighted by atomic mass is 9.78. The van der Waals surface area contributed by atoms with Gasteiger partial charge < -0.3 is 14.8 Å². The highest BCUT2D eigenvalue weighted by atomic mass is 16.5. The molecule has 0 spiro atoms. The number of hydrogen-bond donors (Lipinski definition) is 1. The van der Waals surface area contributed by atoms with E-state index >= 15 is 0 Å². The van der Waals surface area contributed by atoms with Crippen molar-refractivity contribution in [3.8, 4) is 11.5 Å². The van der Waals surface area contributed by atoms with Crippen molar-refractivity contribution < 1.29 is 19.1 Å². The minimum absolute atomic E-state index is 0.182. The topological polar surface area (TPSA) is 80.8 Å². The minimum Gasteiger partial charge on any atom is -0.497 e. The van der Waals surface area contributed by atoms with Gasteiger partial charge in [0.2, 0.25) is 5.91 Å². The number of aromatic nitrogens is 1. The monoisotopic (exact) mass is 479 g/mol. The molecule has 2 heterocycles. The lowest BCUT2D eigenvalue weighted by molar-refractivity contribution is -0.118. The number of amides is 2. The van der Waals surface area contributed by atoms with Crippen LogP contribution < -0.4 is 19.7 Å². The number of fused-ring (bicyclic) bond motifs is 1. The molecule has 180 valence electrons. The number of carbonyl (C=O) groups excluding carboxylic acids is 2. The first kappa shape index (κ1) is 23.1. The zero-order valence-electron chi connectivity index (χ0n) is 19.9. The Bertz CT molecular complexity index is 1370. The van der Waals surface area contributed by atoms with E-state index < -0.39 is 12.0 Å². The molecule has 1 aromatic heterocycles. The standard InChI is InChI=1S/C29H25N3O4/c1-35-21-14-10-19(11-15-21)27-26(28(33)31-25-9-5-6-18-30-25)23-7-3-4-8-24(23)29(34)32(27)20-12-16-22(36-2)17-13-20/h3-18,26-27H,1-2H3,(H,30,31,33)/t26-,27+/m1/s1. The second-order valence-electron chi connectivity index (χ2n) is 8.36. The second kappa shape index (κ2) is 9.92. The van der Waals surface area contributed by atoms with Gasteiger partial charge in [-0.05, 0) is 65.7 Å². The van der Waals surface area contributed by atoms with E-state index in [1.54, 1.807) is 55.6 Å². The zero-order valence-corrected chi connectivity index (χ0v) is 19.9. The van der Waals surface area contributed by atoms with Crippen LogP contribution in [-0.2, 0) is 4.79 Å². The molecule has 7 nitrogen and oxygen atoms in total. The molecule has 1 aliphatic rings. The summed E-state index contributed by atoms with van der Waals surface area (Å²) < 4.78 is 10.7. The predicted molar refractivity (Wildman–Crippen MR) is 138 cm³/mol. The number of methoxy groups -OCH3 is 2. The molecule has 7 heteroatoms. The van der Waals surface area contributed by atoms with E-state index in [0.717, 1.165) is 5.56 Å². The van der Waals surface area contributed by atoms with Crippen molar-refractivity contribution in [1.29, 1.82) is 0 Å². The number of anilines is 2. The van der Waals surface area contributed by atoms with Crippen molar-refractivity contribution in [2.75, 3.05) is 24.4 Å². The van der Waals surface area contributed by atoms with Crippen LogP contribution in [0.2, 0.25) is 0 Å². The predicted octanol–water partition coefficient (Wildman–Crippen LogP) is 5.22. The first-order valence-electron chi connectivity index (χ1n) is 11.5. The molecule has 0 saturated heterocycles. The molecule has 2 atom stereocenters. The highest BCUT2D eigenvalue weighted by Gasteiger charge is 2.45. The average Bonchev–Trinajstić information content (AvgIpc) is 2.93. The van der Waals surface area contributed by atoms with Crippen LogP contribution in [0.4, 0.5) is 11.5 Å². The van der Waals surface area contributed by atoms with Crippen molar-refractivity contribution >= 4 is 23.3 Å². The molecule has 36 heavy (non-hydrogen) atoms. The van der Waals surface area contributed by atoms with Gasteiger partial charge in [-0.25, -0.2) is 4.98 Å². The molecule has 5 rings (SSSR count). The van der Waals surface area contributed by atoms with Gasteiger partial charge in [0.05, 0.1) is 26.2 Å². The molecule has 2 amide bonds. The number of benzene rings is 3. The van der Waals surface area contributed by atoms with Gasteiger partial charge in [-0.15, -0.1) is 0 Å². The van der Waals surface area contributed by atoms with Gasteiger partial charge in [0.1, 0.15) is 17.3 Å². The van der Waals surface area contributed by atoms with Gasteiger partial charge in [0.25, 0.3) is 5.91 Å². The number of pyridine rings is 1. The zero-order chi connectivity index (χ0) is 25.1. The van der Waals surface area contributed by atoms with E-state index in [9.17, 15) is 9.59 Å². The molecule has 0 aliphatic carbocycles. The van der Waals surface area contributed by atoms with Gasteiger partial charge in [-0.2, -0.15) is 0 Å². The molecule has 0 fully saturated rings. The Hall–Kier alpha value is -4.65. The summed E-state index contributed by atoms with van der Waals surface area (Å²) in [6, 6.07) is 26.7. The summed E-state index contributed by atoms with van der Waals surface area (Å²) in [5.74, 6) is 0.671. The minimum atomic E-state index is -0.698. The van der Waals surface area contributed by atoms with Crippen molar-refractivity contribution in [3.05, 3.63) is 114 Å². The third kappa shape index (κ3) is 4.27. The SMILES string of the molecule is COc1ccc([C@H]2[C@H](C(=O)Nc3ccccn3)c3ccccc3C(=O)N2c2ccc(OC)cc2)cc1. The van der Waals surface area contributed by atoms with Crippen LogP contribution in [0.25, 0.3) is 0 Å². The van der Waals surface area contributed by atoms with E-state index in [2.05, 4.69) is 10.3 Å². The van der Waals surface area contributed by atoms with Gasteiger partial charge >= 0.3 is 0 Å². The number of ether oxygens (including phenoxy) is 2. The fourth-order valence-corrected chi connectivity index (χ4v) is 4.63. The first-order chi connectivity index (χ1) is 17.6. The number of rotatable bonds is 6. The van der Waals surface area contributed by atoms with Crippen molar-refractivity contribution in [2.24, 2.45) is 0 Å². The molecule has 0 unspecified atom stereocenters. The molecule has 3 aromatic carbocycles. The number of nitrogens with zero attached hydrogens (tertiary/aromatic N) is 2. The lowest BCUT2D eigenvalue weighted by Gasteiger charge is -2.41. The molecular formula is C29H25N3O4. The molecule has 0 radical (unpaired) electrons. The Morgan fingerprint density at radius 3 is 2.11 bits per heavy atom. The Morgan fingerprint density at radius 2 is 1.47 bits per heavy atom. The molecule has 1 N–H and O–H groups in total. The van der Waals surface area contributed by atoms with Crippen LogP contribution in [0.3, 0.4) is 0 Å². The van der Waals surface area contributed by atoms with E-state index in [0.29, 0.717) is 34.1 Å². The highest BCUT2D eigenvalue weighted by Crippen LogP contribution is 2.45. The summed E-state index contributed by atoms with van der Waals surface area (Å²) in [5, 5.41) is 2.95. The summed E-state index contributed by atoms with van der Waals surface area (Å²) in [4.78, 5) is 33.8. The summed E-state index contributed by atoms with van der Waals surface area (Å²) in [6.45, 7) is 0. The fourth-order valence-electron chi connectivity index (χ4n) is 4.63. The van der Waals surface area contributed by atoms with Gasteiger partial charge in [-0.1, -0.05) is 36.4 Å². The summed E-state index contributed by atoms with van der Waals surface area (Å²) in [5.41, 5.74) is 2.61. The Labute approximate surface area is 209 Å². The third-order valence-corrected chi connectivity index (χ3v) is 6.35. The van der Waals surface area contributed by atoms with Crippen molar-refractivity contribution in [2.45, 2.75) is 12.0 Å². The maximum atomic E-state index is 13.9. The van der Waals surface area contributed by atoms with E-state index in [-0.39, 0.29) is 11.8 Å². The Balaban J connectivity index is 1.68. The maximum Gasteiger partial charge on any atom is 0.259 e. The van der Waals surface area contributed by atoms with Crippen molar-refractivity contribution in [1.82, 2.24) is 4.98 Å². The van der Waals surface area contributed by atoms with E-state index in [4.69, 9.17) is 9.47 Å². The van der Waals surface area contributed by atoms with Gasteiger partial charge in [0, 0.05) is 17.4 Å². The number of nitrogens with one attached hydrogen (secondary N) is 1. The third-order valence-electron chi connectivity index (χ3n) is 6.35. The molecule has 0 saturated carbocycles. The van der Waals surface area contributed by atoms with Crippen molar-refractivity contribution in [3.63, 3.8) is 0 Å². The number of carbonyl (C=O) groups is 2. The number of hydrogen-bond acceptors (Lipinski definition) is 5. The Morgan fingerprint density at radius 1 is 0.833 bits per heavy atom. The van der Waals surface area contributed by atoms with Crippen LogP contribution in [0.5, 0.6) is 11.5 Å². The van der Waals surface area contributed by atoms with E-state index in [1.165, 1.54) is 0 Å². The largest absolute Gasteiger partial charge is 0.497 e. The summed E-state index contributed by atoms with van der Waals surface area (Å²) >= 11 is 0. The molecule has 1 aliphatic heterocycles. The smallest absolute Gasteiger partial charge is 0.259 e. The Kier molecular flexibility index (Phi) is 6.36. The van der Waals surface area contributed by atoms with Gasteiger partial charge in [0.15, 0.2) is 0 Å². The second-order valence-corrected chi connectivity index (χ2v) is 8.36. The van der Waals surface area contributed by atoms with Crippen LogP contribution >= 0.6 is 0 Å². The van der Waals surface area contributed by atoms with Crippen LogP contribution in [0.1, 0.15) is 33.4 Å². The first-order valence-corrected chi connectivity index (χ1v) is 11.5. The molecule has 4 aromatic rings. The van der Waals surface area contributed by atoms with Gasteiger partial charge in [-0.3, -0.25) is 14.5 Å². The fraction of sp³-hybridized carbons (Fsp3) is 0.138. The summed E-state index contributed by atoms with van der Waals surface area (Å²) in [6.07, 6.45) is 1.62. The van der Waals surface area contributed by atoms with Crippen LogP contribution in [-0.4, -0.2) is 31.0 Å². The van der Waals surface area contributed by atoms with E-state index in [1.807, 2.05) is 60.7 Å². The van der Waals surface area contributed by atoms with Crippen LogP contribution in [0.15, 0.2) is 97.2 Å². The van der Waals surface area contributed by atoms with Crippen LogP contribution in [0, 0.1) is 0 Å². The highest BCUT2D eigenvalue weighted by molar-refractivity contribution is 6.12. The lowest BCUT2D eigenvalue weighted by Crippen LogP contribution is -2.46. The summed E-state index contributed by atoms with van der Waals surface area (Å²) in [7, 11) is 3.19. The maximum absolute atomic E-state index is 13.9. The quantitative estimate of drug-likeness (QED) is 0.410. The average molecular weight is 480 g/mol. The normalized spacial score (nSPS) is 16.7. The molecule has 0 bridgehead atoms.